The first-order chi connectivity index (χ1) is 2.89. The quantitative estimate of drug-likeness (QED) is 0.414. The Morgan fingerprint density at radius 2 is 2.67 bits per heavy atom. The molecule has 1 heterocycles. The predicted molar refractivity (Wildman–Crippen MR) is 25.0 cm³/mol. The third-order valence-electron chi connectivity index (χ3n) is 0.815. The Bertz CT molecular complexity index is 86.2. The maximum absolute atomic E-state index is 2.96. The van der Waals surface area contributed by atoms with Gasteiger partial charge >= 0.3 is 0 Å². The average molecular weight is 81.1 g/mol. The third-order valence-corrected chi connectivity index (χ3v) is 0.815. The first kappa shape index (κ1) is 3.55. The van der Waals surface area contributed by atoms with Crippen molar-refractivity contribution in [1.29, 1.82) is 0 Å². The zero-order chi connectivity index (χ0) is 4.41. The molecule has 32 valence electrons. The van der Waals surface area contributed by atoms with Crippen LogP contribution < -0.4 is 5.32 Å². The summed E-state index contributed by atoms with van der Waals surface area (Å²) < 4.78 is 0. The first-order valence-electron chi connectivity index (χ1n) is 2.13. The van der Waals surface area contributed by atoms with E-state index in [-0.39, 0.29) is 0 Å². The monoisotopic (exact) mass is 81.1 g/mol. The van der Waals surface area contributed by atoms with Gasteiger partial charge in [-0.15, -0.1) is 0 Å². The highest BCUT2D eigenvalue weighted by Gasteiger charge is 1.97. The lowest BCUT2D eigenvalue weighted by molar-refractivity contribution is 0.699. The fourth-order valence-corrected chi connectivity index (χ4v) is 0.429. The van der Waals surface area contributed by atoms with Gasteiger partial charge in [0, 0.05) is 18.5 Å². The van der Waals surface area contributed by atoms with Crippen molar-refractivity contribution in [3.63, 3.8) is 0 Å². The first-order valence-corrected chi connectivity index (χ1v) is 2.13. The molecule has 0 saturated heterocycles. The molecule has 0 aliphatic carbocycles. The van der Waals surface area contributed by atoms with Gasteiger partial charge in [0.1, 0.15) is 0 Å². The molecule has 0 aromatic carbocycles. The van der Waals surface area contributed by atoms with Crippen LogP contribution in [-0.4, -0.2) is 6.04 Å². The largest absolute Gasteiger partial charge is 0.342 e. The summed E-state index contributed by atoms with van der Waals surface area (Å²) in [4.78, 5) is 0. The summed E-state index contributed by atoms with van der Waals surface area (Å²) in [7, 11) is 0. The lowest BCUT2D eigenvalue weighted by Gasteiger charge is -1.95. The Morgan fingerprint density at radius 1 is 1.83 bits per heavy atom. The molecule has 1 aliphatic rings. The summed E-state index contributed by atoms with van der Waals surface area (Å²) in [5.41, 5.74) is 0. The van der Waals surface area contributed by atoms with Crippen LogP contribution in [0.4, 0.5) is 0 Å². The minimum absolute atomic E-state index is 0.574. The van der Waals surface area contributed by atoms with Crippen molar-refractivity contribution in [2.24, 2.45) is 0 Å². The van der Waals surface area contributed by atoms with Gasteiger partial charge in [0.15, 0.2) is 0 Å². The lowest BCUT2D eigenvalue weighted by atomic mass is 10.3. The van der Waals surface area contributed by atoms with Crippen LogP contribution in [0.25, 0.3) is 0 Å². The van der Waals surface area contributed by atoms with Crippen molar-refractivity contribution in [3.05, 3.63) is 0 Å². The summed E-state index contributed by atoms with van der Waals surface area (Å²) in [6, 6.07) is 3.35. The van der Waals surface area contributed by atoms with E-state index in [4.69, 9.17) is 0 Å². The molecular weight excluding hydrogens is 74.1 g/mol. The molecule has 6 heavy (non-hydrogen) atoms. The van der Waals surface area contributed by atoms with Crippen LogP contribution in [0.2, 0.25) is 0 Å². The van der Waals surface area contributed by atoms with Crippen LogP contribution in [0.3, 0.4) is 0 Å². The molecule has 0 spiro atoms. The van der Waals surface area contributed by atoms with Crippen LogP contribution >= 0.6 is 0 Å². The van der Waals surface area contributed by atoms with E-state index in [1.807, 2.05) is 0 Å². The molecule has 0 radical (unpaired) electrons. The fourth-order valence-electron chi connectivity index (χ4n) is 0.429. The highest BCUT2D eigenvalue weighted by molar-refractivity contribution is 5.06. The van der Waals surface area contributed by atoms with Gasteiger partial charge in [-0.1, -0.05) is 5.92 Å². The molecule has 1 heteroatoms. The highest BCUT2D eigenvalue weighted by atomic mass is 14.9. The summed E-state index contributed by atoms with van der Waals surface area (Å²) in [6.45, 7) is 2.10. The van der Waals surface area contributed by atoms with Crippen LogP contribution in [0.1, 0.15) is 13.3 Å². The molecular formula is C5H7N. The van der Waals surface area contributed by atoms with Gasteiger partial charge in [-0.2, -0.15) is 0 Å². The fraction of sp³-hybridized carbons (Fsp3) is 0.600. The topological polar surface area (TPSA) is 12.0 Å². The molecule has 0 saturated carbocycles. The molecule has 1 nitrogen and oxygen atoms in total. The van der Waals surface area contributed by atoms with Crippen LogP contribution in [0.15, 0.2) is 0 Å². The van der Waals surface area contributed by atoms with E-state index in [0.29, 0.717) is 6.04 Å². The molecule has 0 aromatic rings. The van der Waals surface area contributed by atoms with Crippen molar-refractivity contribution >= 4 is 0 Å². The van der Waals surface area contributed by atoms with E-state index in [0.717, 1.165) is 6.42 Å². The Labute approximate surface area is 37.7 Å². The molecule has 1 aliphatic heterocycles. The summed E-state index contributed by atoms with van der Waals surface area (Å²) in [6.07, 6.45) is 1.01. The van der Waals surface area contributed by atoms with Crippen molar-refractivity contribution < 1.29 is 0 Å². The van der Waals surface area contributed by atoms with Crippen molar-refractivity contribution in [2.75, 3.05) is 0 Å². The van der Waals surface area contributed by atoms with E-state index >= 15 is 0 Å². The second kappa shape index (κ2) is 1.22. The Hall–Kier alpha value is -0.640. The van der Waals surface area contributed by atoms with Crippen molar-refractivity contribution in [2.45, 2.75) is 19.4 Å². The average Bonchev–Trinajstić information content (AvgIpc) is 1.86. The lowest BCUT2D eigenvalue weighted by Crippen LogP contribution is -2.14. The molecule has 1 atom stereocenters. The molecule has 0 aromatic heterocycles. The third kappa shape index (κ3) is 0.463. The molecule has 0 amide bonds. The second-order valence-electron chi connectivity index (χ2n) is 1.55. The Kier molecular flexibility index (Phi) is 0.719. The summed E-state index contributed by atoms with van der Waals surface area (Å²) >= 11 is 0. The SMILES string of the molecule is CC1CC#CN1. The van der Waals surface area contributed by atoms with Crippen LogP contribution in [0.5, 0.6) is 0 Å². The number of rotatable bonds is 0. The summed E-state index contributed by atoms with van der Waals surface area (Å²) in [5.74, 6) is 2.91. The molecule has 1 N–H and O–H groups in total. The smallest absolute Gasteiger partial charge is 0.0422 e. The van der Waals surface area contributed by atoms with E-state index in [1.165, 1.54) is 0 Å². The molecule has 0 fully saturated rings. The Balaban J connectivity index is 2.37. The summed E-state index contributed by atoms with van der Waals surface area (Å²) in [5, 5.41) is 2.96. The van der Waals surface area contributed by atoms with Gasteiger partial charge in [-0.3, -0.25) is 0 Å². The number of nitrogens with one attached hydrogen (secondary N) is 1. The van der Waals surface area contributed by atoms with Gasteiger partial charge in [0.25, 0.3) is 0 Å². The van der Waals surface area contributed by atoms with E-state index in [1.54, 1.807) is 0 Å². The van der Waals surface area contributed by atoms with Crippen molar-refractivity contribution in [1.82, 2.24) is 5.32 Å². The van der Waals surface area contributed by atoms with Gasteiger partial charge < -0.3 is 5.32 Å². The normalized spacial score (nSPS) is 27.8. The van der Waals surface area contributed by atoms with Gasteiger partial charge in [0.2, 0.25) is 0 Å². The van der Waals surface area contributed by atoms with Gasteiger partial charge in [-0.25, -0.2) is 0 Å². The van der Waals surface area contributed by atoms with E-state index in [2.05, 4.69) is 24.2 Å². The number of hydrogen-bond donors (Lipinski definition) is 1. The van der Waals surface area contributed by atoms with E-state index in [9.17, 15) is 0 Å². The number of hydrogen-bond acceptors (Lipinski definition) is 1. The second-order valence-corrected chi connectivity index (χ2v) is 1.55. The zero-order valence-electron chi connectivity index (χ0n) is 3.78. The standard InChI is InChI=1S/C5H7N/c1-5-3-2-4-6-5/h5-6H,3H2,1H3. The van der Waals surface area contributed by atoms with Gasteiger partial charge in [-0.05, 0) is 6.92 Å². The van der Waals surface area contributed by atoms with Crippen molar-refractivity contribution in [3.8, 4) is 12.0 Å². The minimum Gasteiger partial charge on any atom is -0.342 e. The Morgan fingerprint density at radius 3 is 2.83 bits per heavy atom. The van der Waals surface area contributed by atoms with Crippen LogP contribution in [0, 0.1) is 12.0 Å². The van der Waals surface area contributed by atoms with Crippen LogP contribution in [-0.2, 0) is 0 Å². The zero-order valence-corrected chi connectivity index (χ0v) is 3.78. The maximum Gasteiger partial charge on any atom is 0.0422 e. The predicted octanol–water partition coefficient (Wildman–Crippen LogP) is 0.329. The van der Waals surface area contributed by atoms with Gasteiger partial charge in [0.05, 0.1) is 0 Å². The minimum atomic E-state index is 0.574. The molecule has 1 rings (SSSR count). The highest BCUT2D eigenvalue weighted by Crippen LogP contribution is 1.90. The van der Waals surface area contributed by atoms with E-state index < -0.39 is 0 Å². The molecule has 1 unspecified atom stereocenters. The maximum atomic E-state index is 2.96. The molecule has 0 bridgehead atoms.